The van der Waals surface area contributed by atoms with Crippen molar-refractivity contribution in [2.75, 3.05) is 13.7 Å². The first kappa shape index (κ1) is 40.1. The zero-order valence-electron chi connectivity index (χ0n) is 33.5. The number of esters is 1. The van der Waals surface area contributed by atoms with E-state index in [1.54, 1.807) is 26.2 Å². The number of benzene rings is 1. The highest BCUT2D eigenvalue weighted by Crippen LogP contribution is 2.57. The Balaban J connectivity index is 1.24. The summed E-state index contributed by atoms with van der Waals surface area (Å²) in [6, 6.07) is 4.45. The van der Waals surface area contributed by atoms with Crippen LogP contribution in [0.2, 0.25) is 0 Å². The van der Waals surface area contributed by atoms with Crippen LogP contribution in [0.1, 0.15) is 105 Å². The van der Waals surface area contributed by atoms with Gasteiger partial charge < -0.3 is 19.1 Å². The number of nitrogens with zero attached hydrogens (tertiary/aromatic N) is 3. The number of sulfonamides is 1. The molecule has 2 aromatic rings. The van der Waals surface area contributed by atoms with Crippen LogP contribution >= 0.6 is 0 Å². The molecule has 3 heterocycles. The lowest BCUT2D eigenvalue weighted by Gasteiger charge is -2.35. The number of Topliss-reactive ketones (excluding diaryl/α,β-unsaturated/α-hetero) is 1. The van der Waals surface area contributed by atoms with E-state index < -0.39 is 67.4 Å². The number of allylic oxidation sites excluding steroid dienone is 1. The first-order valence-corrected chi connectivity index (χ1v) is 21.6. The molecule has 4 fully saturated rings. The summed E-state index contributed by atoms with van der Waals surface area (Å²) < 4.78 is 45.6. The van der Waals surface area contributed by atoms with Gasteiger partial charge in [-0.05, 0) is 81.3 Å². The van der Waals surface area contributed by atoms with Gasteiger partial charge in [-0.15, -0.1) is 6.58 Å². The summed E-state index contributed by atoms with van der Waals surface area (Å²) in [6.07, 6.45) is 6.57. The molecule has 0 radical (unpaired) electrons. The minimum Gasteiger partial charge on any atom is -0.497 e. The van der Waals surface area contributed by atoms with E-state index in [9.17, 15) is 27.6 Å². The molecule has 1 saturated heterocycles. The van der Waals surface area contributed by atoms with Crippen LogP contribution in [0, 0.1) is 34.5 Å². The number of ketones is 1. The zero-order valence-corrected chi connectivity index (χ0v) is 34.3. The second-order valence-corrected chi connectivity index (χ2v) is 20.5. The number of aryl methyl sites for hydroxylation is 1. The summed E-state index contributed by atoms with van der Waals surface area (Å²) in [5.41, 5.74) is -0.0410. The summed E-state index contributed by atoms with van der Waals surface area (Å²) in [5, 5.41) is 0. The summed E-state index contributed by atoms with van der Waals surface area (Å²) in [4.78, 5) is 68.3. The lowest BCUT2D eigenvalue weighted by atomic mass is 9.77. The van der Waals surface area contributed by atoms with Crippen molar-refractivity contribution in [3.05, 3.63) is 36.5 Å². The zero-order chi connectivity index (χ0) is 40.4. The lowest BCUT2D eigenvalue weighted by Crippen LogP contribution is -2.50. The number of hydrogen-bond donors (Lipinski definition) is 1. The van der Waals surface area contributed by atoms with E-state index in [1.165, 1.54) is 4.90 Å². The van der Waals surface area contributed by atoms with Crippen LogP contribution < -0.4 is 14.2 Å². The monoisotopic (exact) mass is 792 g/mol. The molecule has 7 rings (SSSR count). The van der Waals surface area contributed by atoms with Gasteiger partial charge in [0.1, 0.15) is 23.7 Å². The van der Waals surface area contributed by atoms with Crippen molar-refractivity contribution in [2.24, 2.45) is 34.5 Å². The Bertz CT molecular complexity index is 2040. The molecule has 56 heavy (non-hydrogen) atoms. The van der Waals surface area contributed by atoms with E-state index in [2.05, 4.69) is 11.3 Å². The standard InChI is InChI=1S/C42H56N4O9S/c1-8-26-21-42(26,39(50)45-56(51,52)41(6)16-17-41)22-32(47)36-24(2)34-23-46(36)38(49)28(40(3,4)5)20-35(48)54-33-18-25(33)12-10-9-11-13-30-37(55-34)44-31-19-27(53-7)14-15-29(31)43-30/h8,14-15,19,24-26,28,33-34,36H,1,9-13,16-18,20-23H2,2-7H3,(H,45,50)/t24-,25-,26-,28-,33-,34+,36+,42-/m1/s1. The van der Waals surface area contributed by atoms with Crippen LogP contribution in [0.5, 0.6) is 11.6 Å². The quantitative estimate of drug-likeness (QED) is 0.265. The highest BCUT2D eigenvalue weighted by atomic mass is 32.2. The summed E-state index contributed by atoms with van der Waals surface area (Å²) >= 11 is 0. The molecule has 13 nitrogen and oxygen atoms in total. The molecule has 3 aliphatic carbocycles. The Morgan fingerprint density at radius 1 is 1.09 bits per heavy atom. The fourth-order valence-corrected chi connectivity index (χ4v) is 10.0. The molecule has 2 bridgehead atoms. The third-order valence-electron chi connectivity index (χ3n) is 13.1. The van der Waals surface area contributed by atoms with Gasteiger partial charge in [-0.25, -0.2) is 18.4 Å². The summed E-state index contributed by atoms with van der Waals surface area (Å²) in [7, 11) is -2.38. The molecule has 1 aromatic carbocycles. The van der Waals surface area contributed by atoms with Crippen LogP contribution in [0.4, 0.5) is 0 Å². The second kappa shape index (κ2) is 14.7. The average Bonchev–Trinajstić information content (AvgIpc) is 4.09. The van der Waals surface area contributed by atoms with Crippen molar-refractivity contribution in [1.82, 2.24) is 19.6 Å². The molecule has 2 aliphatic heterocycles. The highest BCUT2D eigenvalue weighted by Gasteiger charge is 2.63. The van der Waals surface area contributed by atoms with Crippen molar-refractivity contribution in [3.8, 4) is 11.6 Å². The number of carbonyl (C=O) groups is 4. The van der Waals surface area contributed by atoms with Gasteiger partial charge in [0, 0.05) is 18.4 Å². The van der Waals surface area contributed by atoms with Gasteiger partial charge >= 0.3 is 5.97 Å². The minimum absolute atomic E-state index is 0.0246. The van der Waals surface area contributed by atoms with Crippen LogP contribution in [-0.2, 0) is 40.4 Å². The molecule has 2 amide bonds. The normalized spacial score (nSPS) is 31.8. The fraction of sp³-hybridized carbons (Fsp3) is 0.667. The van der Waals surface area contributed by atoms with Crippen molar-refractivity contribution >= 4 is 44.6 Å². The minimum atomic E-state index is -3.96. The lowest BCUT2D eigenvalue weighted by molar-refractivity contribution is -0.154. The third kappa shape index (κ3) is 7.78. The molecule has 1 N–H and O–H groups in total. The Morgan fingerprint density at radius 3 is 2.50 bits per heavy atom. The van der Waals surface area contributed by atoms with E-state index >= 15 is 0 Å². The summed E-state index contributed by atoms with van der Waals surface area (Å²) in [6.45, 7) is 13.0. The number of carbonyl (C=O) groups excluding carboxylic acids is 4. The van der Waals surface area contributed by atoms with Crippen molar-refractivity contribution in [1.29, 1.82) is 0 Å². The van der Waals surface area contributed by atoms with E-state index in [-0.39, 0.29) is 43.6 Å². The first-order chi connectivity index (χ1) is 26.4. The predicted molar refractivity (Wildman–Crippen MR) is 208 cm³/mol. The number of fused-ring (bicyclic) bond motifs is 5. The van der Waals surface area contributed by atoms with E-state index in [0.717, 1.165) is 32.1 Å². The second-order valence-electron chi connectivity index (χ2n) is 18.3. The van der Waals surface area contributed by atoms with E-state index in [4.69, 9.17) is 24.2 Å². The SMILES string of the molecule is C=C[C@@H]1C[C@]1(CC(=O)[C@@H]1[C@H](C)[C@@H]2CN1C(=O)[C@H](C(C)(C)C)CC(=O)O[C@@H]1C[C@H]1CCCCCc1nc3ccc(OC)cc3nc1O2)C(=O)NS(=O)(=O)C1(C)CC1. The first-order valence-electron chi connectivity index (χ1n) is 20.1. The summed E-state index contributed by atoms with van der Waals surface area (Å²) in [5.74, 6) is -2.50. The number of nitrogens with one attached hydrogen (secondary N) is 1. The number of methoxy groups -OCH3 is 1. The number of aromatic nitrogens is 2. The fourth-order valence-electron chi connectivity index (χ4n) is 8.67. The van der Waals surface area contributed by atoms with E-state index in [0.29, 0.717) is 53.5 Å². The maximum atomic E-state index is 14.9. The van der Waals surface area contributed by atoms with Crippen molar-refractivity contribution in [2.45, 2.75) is 128 Å². The molecule has 0 unspecified atom stereocenters. The van der Waals surface area contributed by atoms with Crippen LogP contribution in [0.25, 0.3) is 11.0 Å². The van der Waals surface area contributed by atoms with Gasteiger partial charge in [-0.1, -0.05) is 46.6 Å². The van der Waals surface area contributed by atoms with Crippen molar-refractivity contribution in [3.63, 3.8) is 0 Å². The third-order valence-corrected chi connectivity index (χ3v) is 15.3. The Labute approximate surface area is 329 Å². The van der Waals surface area contributed by atoms with Crippen LogP contribution in [0.15, 0.2) is 30.9 Å². The van der Waals surface area contributed by atoms with Gasteiger partial charge in [0.2, 0.25) is 27.7 Å². The Hall–Kier alpha value is -4.07. The van der Waals surface area contributed by atoms with Crippen molar-refractivity contribution < 1.29 is 41.8 Å². The number of ether oxygens (including phenoxy) is 3. The molecule has 8 atom stereocenters. The van der Waals surface area contributed by atoms with E-state index in [1.807, 2.05) is 39.8 Å². The maximum absolute atomic E-state index is 14.9. The average molecular weight is 793 g/mol. The molecule has 3 saturated carbocycles. The highest BCUT2D eigenvalue weighted by molar-refractivity contribution is 7.91. The topological polar surface area (TPSA) is 171 Å². The maximum Gasteiger partial charge on any atom is 0.306 e. The van der Waals surface area contributed by atoms with Gasteiger partial charge in [0.05, 0.1) is 53.2 Å². The molecule has 304 valence electrons. The number of amides is 2. The Morgan fingerprint density at radius 2 is 1.84 bits per heavy atom. The molecule has 5 aliphatic rings. The van der Waals surface area contributed by atoms with Gasteiger partial charge in [0.25, 0.3) is 0 Å². The van der Waals surface area contributed by atoms with Gasteiger partial charge in [-0.3, -0.25) is 23.9 Å². The molecule has 0 spiro atoms. The molecule has 14 heteroatoms. The van der Waals surface area contributed by atoms with Crippen LogP contribution in [0.3, 0.4) is 0 Å². The molecular formula is C42H56N4O9S. The predicted octanol–water partition coefficient (Wildman–Crippen LogP) is 5.48. The number of rotatable bonds is 8. The molecule has 1 aromatic heterocycles. The van der Waals surface area contributed by atoms with Gasteiger partial charge in [0.15, 0.2) is 5.78 Å². The smallest absolute Gasteiger partial charge is 0.306 e. The number of hydrogen-bond acceptors (Lipinski definition) is 11. The van der Waals surface area contributed by atoms with Crippen LogP contribution in [-0.4, -0.2) is 83.5 Å². The molecular weight excluding hydrogens is 737 g/mol. The largest absolute Gasteiger partial charge is 0.497 e. The Kier molecular flexibility index (Phi) is 10.5. The van der Waals surface area contributed by atoms with Gasteiger partial charge in [-0.2, -0.15) is 0 Å².